The van der Waals surface area contributed by atoms with Crippen molar-refractivity contribution in [3.63, 3.8) is 0 Å². The number of rotatable bonds is 3. The lowest BCUT2D eigenvalue weighted by atomic mass is 9.76. The Kier molecular flexibility index (Phi) is 3.64. The summed E-state index contributed by atoms with van der Waals surface area (Å²) in [6.45, 7) is 0. The highest BCUT2D eigenvalue weighted by atomic mass is 19.1. The van der Waals surface area contributed by atoms with Gasteiger partial charge < -0.3 is 14.4 Å². The van der Waals surface area contributed by atoms with Crippen LogP contribution in [0.15, 0.2) is 36.8 Å². The fourth-order valence-corrected chi connectivity index (χ4v) is 4.80. The van der Waals surface area contributed by atoms with Gasteiger partial charge in [-0.1, -0.05) is 0 Å². The number of carbonyl (C=O) groups is 1. The van der Waals surface area contributed by atoms with Gasteiger partial charge in [-0.05, 0) is 30.5 Å². The lowest BCUT2D eigenvalue weighted by molar-refractivity contribution is -0.163. The Morgan fingerprint density at radius 2 is 1.93 bits per heavy atom. The molecule has 3 fully saturated rings. The van der Waals surface area contributed by atoms with Gasteiger partial charge in [-0.3, -0.25) is 4.79 Å². The summed E-state index contributed by atoms with van der Waals surface area (Å²) in [4.78, 5) is 23.2. The molecule has 1 aliphatic carbocycles. The summed E-state index contributed by atoms with van der Waals surface area (Å²) in [5, 5.41) is 4.09. The van der Waals surface area contributed by atoms with Crippen LogP contribution in [-0.4, -0.2) is 48.3 Å². The van der Waals surface area contributed by atoms with E-state index < -0.39 is 23.3 Å². The normalized spacial score (nSPS) is 30.1. The molecule has 154 valence electrons. The van der Waals surface area contributed by atoms with Crippen LogP contribution in [0.5, 0.6) is 6.01 Å². The maximum atomic E-state index is 13.7. The first-order valence-electron chi connectivity index (χ1n) is 9.80. The van der Waals surface area contributed by atoms with Gasteiger partial charge in [0.25, 0.3) is 5.91 Å². The van der Waals surface area contributed by atoms with Crippen LogP contribution in [0.4, 0.5) is 8.78 Å². The molecule has 1 spiro atoms. The van der Waals surface area contributed by atoms with Gasteiger partial charge in [0.1, 0.15) is 30.3 Å². The molecule has 8 nitrogen and oxygen atoms in total. The number of amides is 1. The summed E-state index contributed by atoms with van der Waals surface area (Å²) in [7, 11) is 0. The van der Waals surface area contributed by atoms with Crippen molar-refractivity contribution in [1.29, 1.82) is 0 Å². The molecule has 0 unspecified atom stereocenters. The zero-order valence-corrected chi connectivity index (χ0v) is 15.7. The number of ether oxygens (including phenoxy) is 2. The Morgan fingerprint density at radius 3 is 2.73 bits per heavy atom. The topological polar surface area (TPSA) is 81.9 Å². The summed E-state index contributed by atoms with van der Waals surface area (Å²) in [5.41, 5.74) is 0.127. The fourth-order valence-electron chi connectivity index (χ4n) is 4.80. The van der Waals surface area contributed by atoms with Crippen LogP contribution in [0.3, 0.4) is 0 Å². The molecular weight excluding hydrogens is 396 g/mol. The van der Waals surface area contributed by atoms with Crippen molar-refractivity contribution < 1.29 is 23.0 Å². The molecule has 6 rings (SSSR count). The predicted octanol–water partition coefficient (Wildman–Crippen LogP) is 2.40. The van der Waals surface area contributed by atoms with Gasteiger partial charge in [-0.25, -0.2) is 18.7 Å². The minimum atomic E-state index is -0.948. The number of nitrogens with zero attached hydrogens (tertiary/aromatic N) is 5. The quantitative estimate of drug-likeness (QED) is 0.656. The fraction of sp³-hybridized carbons (Fsp3) is 0.400. The number of hydrogen-bond acceptors (Lipinski definition) is 6. The molecule has 1 saturated carbocycles. The zero-order valence-electron chi connectivity index (χ0n) is 15.7. The first-order valence-corrected chi connectivity index (χ1v) is 9.80. The molecule has 1 aromatic carbocycles. The van der Waals surface area contributed by atoms with E-state index in [-0.39, 0.29) is 18.2 Å². The van der Waals surface area contributed by atoms with Crippen molar-refractivity contribution in [2.24, 2.45) is 0 Å². The van der Waals surface area contributed by atoms with E-state index >= 15 is 0 Å². The monoisotopic (exact) mass is 413 g/mol. The van der Waals surface area contributed by atoms with Crippen LogP contribution in [-0.2, 0) is 9.53 Å². The number of fused-ring (bicyclic) bond motifs is 2. The van der Waals surface area contributed by atoms with Crippen LogP contribution in [0.2, 0.25) is 0 Å². The molecule has 10 heteroatoms. The lowest BCUT2D eigenvalue weighted by Gasteiger charge is -2.41. The number of halogens is 2. The third-order valence-corrected chi connectivity index (χ3v) is 6.14. The maximum Gasteiger partial charge on any atom is 0.319 e. The standard InChI is InChI=1S/C20H17F2N5O3/c21-12-5-11(6-13(22)7-12)15-1-2-17-26(15)18(28)20(30-17)8-14(9-20)29-19-23-4-3-16-24-10-25-27(16)19/h3-7,10,14-15,17H,1-2,8-9H2/t14?,15-,17+,20?/m0/s1. The number of hydrogen-bond donors (Lipinski definition) is 0. The third-order valence-electron chi connectivity index (χ3n) is 6.14. The highest BCUT2D eigenvalue weighted by Crippen LogP contribution is 2.51. The summed E-state index contributed by atoms with van der Waals surface area (Å²) in [6, 6.07) is 5.03. The van der Waals surface area contributed by atoms with Crippen LogP contribution in [0.1, 0.15) is 37.3 Å². The van der Waals surface area contributed by atoms with Crippen molar-refractivity contribution in [2.75, 3.05) is 0 Å². The van der Waals surface area contributed by atoms with E-state index in [0.29, 0.717) is 42.9 Å². The summed E-state index contributed by atoms with van der Waals surface area (Å²) in [5.74, 6) is -1.45. The molecule has 0 N–H and O–H groups in total. The second-order valence-corrected chi connectivity index (χ2v) is 7.98. The first-order chi connectivity index (χ1) is 14.5. The Morgan fingerprint density at radius 1 is 1.13 bits per heavy atom. The molecule has 2 atom stereocenters. The van der Waals surface area contributed by atoms with E-state index in [4.69, 9.17) is 9.47 Å². The molecule has 4 heterocycles. The second kappa shape index (κ2) is 6.18. The Bertz CT molecular complexity index is 1140. The Hall–Kier alpha value is -3.14. The van der Waals surface area contributed by atoms with Gasteiger partial charge in [0.05, 0.1) is 6.04 Å². The predicted molar refractivity (Wildman–Crippen MR) is 97.2 cm³/mol. The van der Waals surface area contributed by atoms with E-state index in [9.17, 15) is 13.6 Å². The molecule has 30 heavy (non-hydrogen) atoms. The molecule has 3 aromatic rings. The largest absolute Gasteiger partial charge is 0.460 e. The molecule has 0 bridgehead atoms. The molecule has 0 radical (unpaired) electrons. The Labute approximate surface area is 169 Å². The van der Waals surface area contributed by atoms with Gasteiger partial charge in [-0.2, -0.15) is 9.61 Å². The number of carbonyl (C=O) groups excluding carboxylic acids is 1. The SMILES string of the molecule is O=C1N2[C@@H](CC[C@H]2c2cc(F)cc(F)c2)OC12CC(Oc1nccc3ncnn13)C2. The highest BCUT2D eigenvalue weighted by molar-refractivity contribution is 5.89. The van der Waals surface area contributed by atoms with Crippen molar-refractivity contribution in [3.05, 3.63) is 54.0 Å². The summed E-state index contributed by atoms with van der Waals surface area (Å²) in [6.07, 6.45) is 4.37. The summed E-state index contributed by atoms with van der Waals surface area (Å²) >= 11 is 0. The van der Waals surface area contributed by atoms with Gasteiger partial charge in [-0.15, -0.1) is 0 Å². The Balaban J connectivity index is 1.20. The van der Waals surface area contributed by atoms with E-state index in [2.05, 4.69) is 15.1 Å². The van der Waals surface area contributed by atoms with Crippen LogP contribution < -0.4 is 4.74 Å². The van der Waals surface area contributed by atoms with Crippen molar-refractivity contribution in [3.8, 4) is 6.01 Å². The van der Waals surface area contributed by atoms with Crippen molar-refractivity contribution in [1.82, 2.24) is 24.5 Å². The van der Waals surface area contributed by atoms with Crippen LogP contribution >= 0.6 is 0 Å². The maximum absolute atomic E-state index is 13.7. The van der Waals surface area contributed by atoms with Gasteiger partial charge in [0.15, 0.2) is 11.2 Å². The molecule has 1 amide bonds. The summed E-state index contributed by atoms with van der Waals surface area (Å²) < 4.78 is 40.9. The molecular formula is C20H17F2N5O3. The molecule has 3 aliphatic rings. The third kappa shape index (κ3) is 2.53. The zero-order chi connectivity index (χ0) is 20.5. The van der Waals surface area contributed by atoms with Crippen molar-refractivity contribution >= 4 is 11.6 Å². The van der Waals surface area contributed by atoms with E-state index in [1.165, 1.54) is 23.0 Å². The average molecular weight is 413 g/mol. The van der Waals surface area contributed by atoms with Crippen LogP contribution in [0, 0.1) is 11.6 Å². The van der Waals surface area contributed by atoms with E-state index in [1.54, 1.807) is 17.2 Å². The van der Waals surface area contributed by atoms with E-state index in [1.807, 2.05) is 0 Å². The molecule has 2 saturated heterocycles. The smallest absolute Gasteiger partial charge is 0.319 e. The van der Waals surface area contributed by atoms with E-state index in [0.717, 1.165) is 6.07 Å². The first kappa shape index (κ1) is 17.7. The molecule has 2 aromatic heterocycles. The lowest BCUT2D eigenvalue weighted by Crippen LogP contribution is -2.56. The minimum Gasteiger partial charge on any atom is -0.460 e. The van der Waals surface area contributed by atoms with Crippen molar-refractivity contribution in [2.45, 2.75) is 49.7 Å². The number of aromatic nitrogens is 4. The minimum absolute atomic E-state index is 0.147. The number of benzene rings is 1. The second-order valence-electron chi connectivity index (χ2n) is 7.98. The van der Waals surface area contributed by atoms with Crippen LogP contribution in [0.25, 0.3) is 5.65 Å². The van der Waals surface area contributed by atoms with Gasteiger partial charge >= 0.3 is 6.01 Å². The van der Waals surface area contributed by atoms with Gasteiger partial charge in [0, 0.05) is 31.2 Å². The highest BCUT2D eigenvalue weighted by Gasteiger charge is 2.63. The average Bonchev–Trinajstić information content (AvgIpc) is 3.37. The van der Waals surface area contributed by atoms with Gasteiger partial charge in [0.2, 0.25) is 0 Å². The molecule has 2 aliphatic heterocycles.